The SMILES string of the molecule is CCOCC(=O)N(CCN)CC(F)F. The summed E-state index contributed by atoms with van der Waals surface area (Å²) < 4.78 is 28.9. The molecule has 0 aromatic carbocycles. The molecule has 0 spiro atoms. The Hall–Kier alpha value is -0.750. The Morgan fingerprint density at radius 1 is 1.57 bits per heavy atom. The van der Waals surface area contributed by atoms with Gasteiger partial charge in [0.1, 0.15) is 6.61 Å². The molecule has 0 bridgehead atoms. The summed E-state index contributed by atoms with van der Waals surface area (Å²) >= 11 is 0. The Kier molecular flexibility index (Phi) is 7.23. The molecule has 0 saturated heterocycles. The predicted octanol–water partition coefficient (Wildman–Crippen LogP) is 0.0753. The van der Waals surface area contributed by atoms with Crippen molar-refractivity contribution in [3.8, 4) is 0 Å². The maximum Gasteiger partial charge on any atom is 0.255 e. The van der Waals surface area contributed by atoms with Crippen LogP contribution in [0.2, 0.25) is 0 Å². The molecule has 0 rings (SSSR count). The van der Waals surface area contributed by atoms with E-state index >= 15 is 0 Å². The number of nitrogens with zero attached hydrogens (tertiary/aromatic N) is 1. The van der Waals surface area contributed by atoms with E-state index in [1.165, 1.54) is 0 Å². The zero-order valence-electron chi connectivity index (χ0n) is 8.21. The number of rotatable bonds is 7. The number of hydrogen-bond donors (Lipinski definition) is 1. The van der Waals surface area contributed by atoms with Crippen molar-refractivity contribution in [2.75, 3.05) is 32.8 Å². The largest absolute Gasteiger partial charge is 0.372 e. The van der Waals surface area contributed by atoms with Gasteiger partial charge < -0.3 is 15.4 Å². The minimum absolute atomic E-state index is 0.135. The number of carbonyl (C=O) groups excluding carboxylic acids is 1. The van der Waals surface area contributed by atoms with Crippen molar-refractivity contribution in [3.63, 3.8) is 0 Å². The van der Waals surface area contributed by atoms with Crippen LogP contribution < -0.4 is 5.73 Å². The van der Waals surface area contributed by atoms with Gasteiger partial charge in [-0.1, -0.05) is 0 Å². The highest BCUT2D eigenvalue weighted by Crippen LogP contribution is 1.98. The molecule has 2 N–H and O–H groups in total. The van der Waals surface area contributed by atoms with Crippen LogP contribution in [0.3, 0.4) is 0 Å². The number of hydrogen-bond acceptors (Lipinski definition) is 3. The van der Waals surface area contributed by atoms with Crippen molar-refractivity contribution >= 4 is 5.91 Å². The van der Waals surface area contributed by atoms with Crippen LogP contribution in [0.4, 0.5) is 8.78 Å². The number of ether oxygens (including phenoxy) is 1. The van der Waals surface area contributed by atoms with E-state index in [1.807, 2.05) is 0 Å². The third kappa shape index (κ3) is 5.82. The Morgan fingerprint density at radius 3 is 2.64 bits per heavy atom. The fourth-order valence-corrected chi connectivity index (χ4v) is 0.921. The zero-order valence-corrected chi connectivity index (χ0v) is 8.21. The van der Waals surface area contributed by atoms with Crippen molar-refractivity contribution in [1.29, 1.82) is 0 Å². The maximum atomic E-state index is 12.0. The monoisotopic (exact) mass is 210 g/mol. The number of halogens is 2. The fraction of sp³-hybridized carbons (Fsp3) is 0.875. The molecule has 0 aromatic rings. The lowest BCUT2D eigenvalue weighted by atomic mass is 10.4. The Morgan fingerprint density at radius 2 is 2.21 bits per heavy atom. The minimum atomic E-state index is -2.54. The molecule has 6 heteroatoms. The first-order chi connectivity index (χ1) is 6.61. The smallest absolute Gasteiger partial charge is 0.255 e. The molecule has 14 heavy (non-hydrogen) atoms. The minimum Gasteiger partial charge on any atom is -0.372 e. The highest BCUT2D eigenvalue weighted by atomic mass is 19.3. The molecule has 0 heterocycles. The number of nitrogens with two attached hydrogens (primary N) is 1. The van der Waals surface area contributed by atoms with Gasteiger partial charge in [-0.05, 0) is 6.92 Å². The second-order valence-electron chi connectivity index (χ2n) is 2.66. The molecule has 4 nitrogen and oxygen atoms in total. The van der Waals surface area contributed by atoms with Gasteiger partial charge in [-0.25, -0.2) is 8.78 Å². The molecule has 0 unspecified atom stereocenters. The molecular formula is C8H16F2N2O2. The second kappa shape index (κ2) is 7.64. The molecule has 84 valence electrons. The highest BCUT2D eigenvalue weighted by Gasteiger charge is 2.16. The summed E-state index contributed by atoms with van der Waals surface area (Å²) in [5.74, 6) is -0.447. The van der Waals surface area contributed by atoms with Gasteiger partial charge in [-0.15, -0.1) is 0 Å². The van der Waals surface area contributed by atoms with E-state index in [0.29, 0.717) is 6.61 Å². The van der Waals surface area contributed by atoms with Crippen molar-refractivity contribution < 1.29 is 18.3 Å². The molecule has 0 aliphatic rings. The van der Waals surface area contributed by atoms with Gasteiger partial charge >= 0.3 is 0 Å². The summed E-state index contributed by atoms with van der Waals surface area (Å²) in [6.45, 7) is 1.68. The summed E-state index contributed by atoms with van der Waals surface area (Å²) in [5.41, 5.74) is 5.19. The van der Waals surface area contributed by atoms with E-state index in [1.54, 1.807) is 6.92 Å². The average molecular weight is 210 g/mol. The van der Waals surface area contributed by atoms with Crippen LogP contribution in [0.25, 0.3) is 0 Å². The van der Waals surface area contributed by atoms with E-state index in [9.17, 15) is 13.6 Å². The van der Waals surface area contributed by atoms with Gasteiger partial charge in [-0.3, -0.25) is 4.79 Å². The van der Waals surface area contributed by atoms with Crippen LogP contribution in [0, 0.1) is 0 Å². The standard InChI is InChI=1S/C8H16F2N2O2/c1-2-14-6-8(13)12(4-3-11)5-7(9)10/h7H,2-6,11H2,1H3. The first-order valence-corrected chi connectivity index (χ1v) is 4.45. The summed E-state index contributed by atoms with van der Waals surface area (Å²) in [5, 5.41) is 0. The molecule has 0 saturated carbocycles. The summed E-state index contributed by atoms with van der Waals surface area (Å²) in [6, 6.07) is 0. The average Bonchev–Trinajstić information content (AvgIpc) is 2.13. The van der Waals surface area contributed by atoms with Gasteiger partial charge in [0.2, 0.25) is 5.91 Å². The van der Waals surface area contributed by atoms with Crippen molar-refractivity contribution in [2.24, 2.45) is 5.73 Å². The normalized spacial score (nSPS) is 10.6. The number of carbonyl (C=O) groups is 1. The number of alkyl halides is 2. The van der Waals surface area contributed by atoms with Gasteiger partial charge in [0.25, 0.3) is 6.43 Å². The lowest BCUT2D eigenvalue weighted by Gasteiger charge is -2.21. The molecule has 0 aliphatic carbocycles. The van der Waals surface area contributed by atoms with Crippen LogP contribution in [0.1, 0.15) is 6.92 Å². The van der Waals surface area contributed by atoms with Crippen LogP contribution in [-0.4, -0.2) is 50.1 Å². The molecule has 0 aliphatic heterocycles. The Balaban J connectivity index is 3.97. The van der Waals surface area contributed by atoms with Crippen LogP contribution in [0.15, 0.2) is 0 Å². The second-order valence-corrected chi connectivity index (χ2v) is 2.66. The third-order valence-electron chi connectivity index (χ3n) is 1.54. The molecule has 0 radical (unpaired) electrons. The lowest BCUT2D eigenvalue weighted by molar-refractivity contribution is -0.137. The molecule has 0 atom stereocenters. The van der Waals surface area contributed by atoms with Crippen molar-refractivity contribution in [2.45, 2.75) is 13.3 Å². The Labute approximate surface area is 82.0 Å². The zero-order chi connectivity index (χ0) is 11.0. The summed E-state index contributed by atoms with van der Waals surface area (Å²) in [7, 11) is 0. The van der Waals surface area contributed by atoms with Crippen LogP contribution in [0.5, 0.6) is 0 Å². The highest BCUT2D eigenvalue weighted by molar-refractivity contribution is 5.77. The van der Waals surface area contributed by atoms with Gasteiger partial charge in [0.15, 0.2) is 0 Å². The van der Waals surface area contributed by atoms with E-state index in [4.69, 9.17) is 10.5 Å². The van der Waals surface area contributed by atoms with E-state index in [0.717, 1.165) is 4.90 Å². The van der Waals surface area contributed by atoms with Gasteiger partial charge in [-0.2, -0.15) is 0 Å². The quantitative estimate of drug-likeness (QED) is 0.647. The first kappa shape index (κ1) is 13.2. The van der Waals surface area contributed by atoms with Crippen LogP contribution >= 0.6 is 0 Å². The van der Waals surface area contributed by atoms with E-state index in [-0.39, 0.29) is 19.7 Å². The molecule has 0 fully saturated rings. The van der Waals surface area contributed by atoms with E-state index in [2.05, 4.69) is 0 Å². The molecule has 1 amide bonds. The molecule has 0 aromatic heterocycles. The first-order valence-electron chi connectivity index (χ1n) is 4.45. The third-order valence-corrected chi connectivity index (χ3v) is 1.54. The van der Waals surface area contributed by atoms with Gasteiger partial charge in [0, 0.05) is 19.7 Å². The molecular weight excluding hydrogens is 194 g/mol. The number of amides is 1. The summed E-state index contributed by atoms with van der Waals surface area (Å²) in [4.78, 5) is 12.3. The van der Waals surface area contributed by atoms with E-state index < -0.39 is 18.9 Å². The maximum absolute atomic E-state index is 12.0. The topological polar surface area (TPSA) is 55.6 Å². The predicted molar refractivity (Wildman–Crippen MR) is 48.1 cm³/mol. The van der Waals surface area contributed by atoms with Crippen molar-refractivity contribution in [3.05, 3.63) is 0 Å². The van der Waals surface area contributed by atoms with Crippen LogP contribution in [-0.2, 0) is 9.53 Å². The lowest BCUT2D eigenvalue weighted by Crippen LogP contribution is -2.40. The fourth-order valence-electron chi connectivity index (χ4n) is 0.921. The summed E-state index contributed by atoms with van der Waals surface area (Å²) in [6.07, 6.45) is -2.54. The Bertz CT molecular complexity index is 167. The van der Waals surface area contributed by atoms with Gasteiger partial charge in [0.05, 0.1) is 6.54 Å². The van der Waals surface area contributed by atoms with Crippen molar-refractivity contribution in [1.82, 2.24) is 4.90 Å².